The quantitative estimate of drug-likeness (QED) is 0.689. The highest BCUT2D eigenvalue weighted by Crippen LogP contribution is 2.30. The zero-order valence-corrected chi connectivity index (χ0v) is 11.8. The summed E-state index contributed by atoms with van der Waals surface area (Å²) in [6.07, 6.45) is 0. The van der Waals surface area contributed by atoms with Gasteiger partial charge in [-0.2, -0.15) is 0 Å². The maximum Gasteiger partial charge on any atom is 0.0641 e. The van der Waals surface area contributed by atoms with E-state index < -0.39 is 0 Å². The van der Waals surface area contributed by atoms with Crippen LogP contribution in [0.3, 0.4) is 0 Å². The second-order valence-corrected chi connectivity index (χ2v) is 5.15. The third kappa shape index (κ3) is 2.21. The SMILES string of the molecule is Cc1ccc2cc(N(C)c3ccccc3N)ccc2c1. The molecule has 0 aliphatic rings. The number of rotatable bonds is 2. The summed E-state index contributed by atoms with van der Waals surface area (Å²) in [5.41, 5.74) is 10.3. The highest BCUT2D eigenvalue weighted by molar-refractivity contribution is 5.88. The second kappa shape index (κ2) is 4.89. The van der Waals surface area contributed by atoms with Crippen LogP contribution in [0, 0.1) is 6.92 Å². The summed E-state index contributed by atoms with van der Waals surface area (Å²) < 4.78 is 0. The minimum absolute atomic E-state index is 0.791. The third-order valence-electron chi connectivity index (χ3n) is 3.66. The number of fused-ring (bicyclic) bond motifs is 1. The first-order chi connectivity index (χ1) is 9.65. The molecule has 2 nitrogen and oxygen atoms in total. The van der Waals surface area contributed by atoms with Crippen molar-refractivity contribution in [2.45, 2.75) is 6.92 Å². The lowest BCUT2D eigenvalue weighted by Crippen LogP contribution is -2.11. The van der Waals surface area contributed by atoms with Gasteiger partial charge in [-0.15, -0.1) is 0 Å². The number of nitrogen functional groups attached to an aromatic ring is 1. The Kier molecular flexibility index (Phi) is 3.07. The van der Waals surface area contributed by atoms with Gasteiger partial charge in [0, 0.05) is 12.7 Å². The van der Waals surface area contributed by atoms with Crippen molar-refractivity contribution in [1.29, 1.82) is 0 Å². The predicted molar refractivity (Wildman–Crippen MR) is 87.6 cm³/mol. The van der Waals surface area contributed by atoms with Crippen LogP contribution in [0.25, 0.3) is 10.8 Å². The van der Waals surface area contributed by atoms with E-state index in [1.807, 2.05) is 31.3 Å². The molecule has 0 aliphatic carbocycles. The lowest BCUT2D eigenvalue weighted by atomic mass is 10.1. The first kappa shape index (κ1) is 12.5. The van der Waals surface area contributed by atoms with Crippen molar-refractivity contribution in [3.8, 4) is 0 Å². The maximum atomic E-state index is 6.05. The molecule has 100 valence electrons. The monoisotopic (exact) mass is 262 g/mol. The van der Waals surface area contributed by atoms with Crippen LogP contribution in [0.5, 0.6) is 0 Å². The van der Waals surface area contributed by atoms with E-state index in [0.29, 0.717) is 0 Å². The van der Waals surface area contributed by atoms with Crippen LogP contribution in [-0.2, 0) is 0 Å². The summed E-state index contributed by atoms with van der Waals surface area (Å²) >= 11 is 0. The molecule has 0 saturated heterocycles. The van der Waals surface area contributed by atoms with Gasteiger partial charge in [0.2, 0.25) is 0 Å². The zero-order valence-electron chi connectivity index (χ0n) is 11.8. The molecule has 0 saturated carbocycles. The van der Waals surface area contributed by atoms with Crippen LogP contribution in [0.4, 0.5) is 17.1 Å². The molecule has 0 amide bonds. The van der Waals surface area contributed by atoms with Crippen LogP contribution >= 0.6 is 0 Å². The van der Waals surface area contributed by atoms with E-state index in [0.717, 1.165) is 17.1 Å². The molecule has 2 N–H and O–H groups in total. The average Bonchev–Trinajstić information content (AvgIpc) is 2.46. The number of nitrogens with zero attached hydrogens (tertiary/aromatic N) is 1. The number of hydrogen-bond acceptors (Lipinski definition) is 2. The highest BCUT2D eigenvalue weighted by Gasteiger charge is 2.07. The Hall–Kier alpha value is -2.48. The number of aryl methyl sites for hydroxylation is 1. The van der Waals surface area contributed by atoms with Crippen LogP contribution in [0.1, 0.15) is 5.56 Å². The number of para-hydroxylation sites is 2. The molecule has 20 heavy (non-hydrogen) atoms. The van der Waals surface area contributed by atoms with Gasteiger partial charge in [-0.3, -0.25) is 0 Å². The van der Waals surface area contributed by atoms with Gasteiger partial charge in [-0.1, -0.05) is 42.0 Å². The molecule has 3 aromatic rings. The minimum Gasteiger partial charge on any atom is -0.397 e. The smallest absolute Gasteiger partial charge is 0.0641 e. The Labute approximate surface area is 119 Å². The van der Waals surface area contributed by atoms with Crippen LogP contribution < -0.4 is 10.6 Å². The summed E-state index contributed by atoms with van der Waals surface area (Å²) in [5, 5.41) is 2.51. The third-order valence-corrected chi connectivity index (χ3v) is 3.66. The Morgan fingerprint density at radius 2 is 1.55 bits per heavy atom. The largest absolute Gasteiger partial charge is 0.397 e. The van der Waals surface area contributed by atoms with Gasteiger partial charge in [0.25, 0.3) is 0 Å². The Balaban J connectivity index is 2.06. The molecule has 0 bridgehead atoms. The van der Waals surface area contributed by atoms with Gasteiger partial charge < -0.3 is 10.6 Å². The van der Waals surface area contributed by atoms with E-state index in [-0.39, 0.29) is 0 Å². The fourth-order valence-electron chi connectivity index (χ4n) is 2.49. The van der Waals surface area contributed by atoms with Crippen molar-refractivity contribution in [2.75, 3.05) is 17.7 Å². The molecule has 2 heteroatoms. The van der Waals surface area contributed by atoms with E-state index in [1.165, 1.54) is 16.3 Å². The fraction of sp³-hybridized carbons (Fsp3) is 0.111. The zero-order chi connectivity index (χ0) is 14.1. The Bertz CT molecular complexity index is 762. The lowest BCUT2D eigenvalue weighted by Gasteiger charge is -2.21. The number of benzene rings is 3. The van der Waals surface area contributed by atoms with Crippen LogP contribution in [0.2, 0.25) is 0 Å². The molecule has 0 radical (unpaired) electrons. The Morgan fingerprint density at radius 3 is 2.35 bits per heavy atom. The normalized spacial score (nSPS) is 10.7. The molecule has 3 rings (SSSR count). The topological polar surface area (TPSA) is 29.3 Å². The van der Waals surface area contributed by atoms with E-state index in [4.69, 9.17) is 5.73 Å². The Morgan fingerprint density at radius 1 is 0.850 bits per heavy atom. The van der Waals surface area contributed by atoms with Crippen LogP contribution in [-0.4, -0.2) is 7.05 Å². The molecule has 3 aromatic carbocycles. The summed E-state index contributed by atoms with van der Waals surface area (Å²) in [5.74, 6) is 0. The fourth-order valence-corrected chi connectivity index (χ4v) is 2.49. The van der Waals surface area contributed by atoms with Gasteiger partial charge in [0.05, 0.1) is 11.4 Å². The molecule has 0 aromatic heterocycles. The van der Waals surface area contributed by atoms with Crippen molar-refractivity contribution >= 4 is 27.8 Å². The van der Waals surface area contributed by atoms with E-state index in [9.17, 15) is 0 Å². The maximum absolute atomic E-state index is 6.05. The summed E-state index contributed by atoms with van der Waals surface area (Å²) in [6.45, 7) is 2.12. The molecule has 0 unspecified atom stereocenters. The number of anilines is 3. The number of hydrogen-bond donors (Lipinski definition) is 1. The van der Waals surface area contributed by atoms with Gasteiger partial charge in [0.15, 0.2) is 0 Å². The second-order valence-electron chi connectivity index (χ2n) is 5.15. The van der Waals surface area contributed by atoms with Crippen LogP contribution in [0.15, 0.2) is 60.7 Å². The van der Waals surface area contributed by atoms with E-state index in [1.54, 1.807) is 0 Å². The molecule has 0 heterocycles. The van der Waals surface area contributed by atoms with E-state index in [2.05, 4.69) is 48.2 Å². The molecular formula is C18H18N2. The van der Waals surface area contributed by atoms with Gasteiger partial charge in [0.1, 0.15) is 0 Å². The van der Waals surface area contributed by atoms with Gasteiger partial charge in [-0.05, 0) is 42.0 Å². The number of nitrogens with two attached hydrogens (primary N) is 1. The standard InChI is InChI=1S/C18H18N2/c1-13-7-8-15-12-16(10-9-14(15)11-13)20(2)18-6-4-3-5-17(18)19/h3-12H,19H2,1-2H3. The summed E-state index contributed by atoms with van der Waals surface area (Å²) in [7, 11) is 2.04. The van der Waals surface area contributed by atoms with Crippen molar-refractivity contribution in [2.24, 2.45) is 0 Å². The first-order valence-corrected chi connectivity index (χ1v) is 6.74. The highest BCUT2D eigenvalue weighted by atomic mass is 15.1. The minimum atomic E-state index is 0.791. The first-order valence-electron chi connectivity index (χ1n) is 6.74. The van der Waals surface area contributed by atoms with Gasteiger partial charge in [-0.25, -0.2) is 0 Å². The molecule has 0 fully saturated rings. The van der Waals surface area contributed by atoms with Gasteiger partial charge >= 0.3 is 0 Å². The van der Waals surface area contributed by atoms with Crippen molar-refractivity contribution in [3.05, 3.63) is 66.2 Å². The predicted octanol–water partition coefficient (Wildman–Crippen LogP) is 4.50. The van der Waals surface area contributed by atoms with Crippen molar-refractivity contribution < 1.29 is 0 Å². The van der Waals surface area contributed by atoms with Crippen molar-refractivity contribution in [1.82, 2.24) is 0 Å². The average molecular weight is 262 g/mol. The summed E-state index contributed by atoms with van der Waals surface area (Å²) in [4.78, 5) is 2.12. The molecule has 0 spiro atoms. The molecule has 0 aliphatic heterocycles. The van der Waals surface area contributed by atoms with E-state index >= 15 is 0 Å². The molecular weight excluding hydrogens is 244 g/mol. The summed E-state index contributed by atoms with van der Waals surface area (Å²) in [6, 6.07) is 20.9. The lowest BCUT2D eigenvalue weighted by molar-refractivity contribution is 1.22. The van der Waals surface area contributed by atoms with Crippen molar-refractivity contribution in [3.63, 3.8) is 0 Å². The molecule has 0 atom stereocenters.